The topological polar surface area (TPSA) is 69.6 Å². The number of likely N-dealkylation sites (N-methyl/N-ethyl adjacent to an activating group) is 1. The summed E-state index contributed by atoms with van der Waals surface area (Å²) < 4.78 is 0. The van der Waals surface area contributed by atoms with Crippen LogP contribution in [0.3, 0.4) is 0 Å². The molecule has 17 heavy (non-hydrogen) atoms. The normalized spacial score (nSPS) is 24.5. The van der Waals surface area contributed by atoms with Crippen molar-refractivity contribution in [3.63, 3.8) is 0 Å². The summed E-state index contributed by atoms with van der Waals surface area (Å²) in [5, 5.41) is 11.8. The Labute approximate surface area is 102 Å². The van der Waals surface area contributed by atoms with Crippen molar-refractivity contribution in [3.8, 4) is 0 Å². The van der Waals surface area contributed by atoms with Gasteiger partial charge in [0.15, 0.2) is 0 Å². The third-order valence-corrected chi connectivity index (χ3v) is 3.39. The van der Waals surface area contributed by atoms with Crippen LogP contribution < -0.4 is 5.32 Å². The Morgan fingerprint density at radius 1 is 1.59 bits per heavy atom. The molecule has 1 fully saturated rings. The van der Waals surface area contributed by atoms with Crippen LogP contribution in [0.1, 0.15) is 40.0 Å². The average molecular weight is 242 g/mol. The van der Waals surface area contributed by atoms with Gasteiger partial charge < -0.3 is 15.3 Å². The summed E-state index contributed by atoms with van der Waals surface area (Å²) in [7, 11) is 0. The first-order chi connectivity index (χ1) is 7.88. The second kappa shape index (κ2) is 5.49. The van der Waals surface area contributed by atoms with Crippen molar-refractivity contribution in [1.82, 2.24) is 10.2 Å². The van der Waals surface area contributed by atoms with Gasteiger partial charge in [-0.05, 0) is 40.2 Å². The molecule has 0 aliphatic carbocycles. The molecule has 1 amide bonds. The minimum Gasteiger partial charge on any atom is -0.481 e. The lowest BCUT2D eigenvalue weighted by Crippen LogP contribution is -2.50. The third kappa shape index (κ3) is 3.43. The van der Waals surface area contributed by atoms with Crippen molar-refractivity contribution in [2.75, 3.05) is 13.1 Å². The molecule has 1 aliphatic rings. The Balaban J connectivity index is 2.75. The molecule has 5 nitrogen and oxygen atoms in total. The van der Waals surface area contributed by atoms with Crippen molar-refractivity contribution >= 4 is 11.9 Å². The van der Waals surface area contributed by atoms with Crippen molar-refractivity contribution < 1.29 is 14.7 Å². The second-order valence-electron chi connectivity index (χ2n) is 5.08. The van der Waals surface area contributed by atoms with Crippen LogP contribution in [0.25, 0.3) is 0 Å². The largest absolute Gasteiger partial charge is 0.481 e. The zero-order valence-electron chi connectivity index (χ0n) is 10.8. The van der Waals surface area contributed by atoms with E-state index in [2.05, 4.69) is 19.2 Å². The molecule has 0 aromatic rings. The van der Waals surface area contributed by atoms with Gasteiger partial charge in [0.25, 0.3) is 0 Å². The molecule has 98 valence electrons. The first-order valence-electron chi connectivity index (χ1n) is 6.15. The van der Waals surface area contributed by atoms with Gasteiger partial charge >= 0.3 is 5.97 Å². The maximum absolute atomic E-state index is 12.3. The van der Waals surface area contributed by atoms with Crippen LogP contribution in [0.2, 0.25) is 0 Å². The molecule has 1 rings (SSSR count). The Morgan fingerprint density at radius 2 is 2.24 bits per heavy atom. The molecule has 0 radical (unpaired) electrons. The van der Waals surface area contributed by atoms with Gasteiger partial charge in [-0.3, -0.25) is 9.59 Å². The number of carboxylic acid groups (broad SMARTS) is 1. The van der Waals surface area contributed by atoms with E-state index in [-0.39, 0.29) is 23.9 Å². The van der Waals surface area contributed by atoms with Gasteiger partial charge in [-0.1, -0.05) is 0 Å². The number of nitrogens with one attached hydrogen (secondary N) is 1. The molecule has 1 unspecified atom stereocenters. The van der Waals surface area contributed by atoms with E-state index in [9.17, 15) is 9.59 Å². The van der Waals surface area contributed by atoms with Crippen LogP contribution in [-0.2, 0) is 9.59 Å². The first kappa shape index (κ1) is 14.0. The molecule has 0 bridgehead atoms. The number of carboxylic acids is 1. The monoisotopic (exact) mass is 242 g/mol. The van der Waals surface area contributed by atoms with Gasteiger partial charge in [0.1, 0.15) is 0 Å². The van der Waals surface area contributed by atoms with E-state index in [1.54, 1.807) is 0 Å². The number of nitrogens with zero attached hydrogens (tertiary/aromatic N) is 1. The van der Waals surface area contributed by atoms with Crippen LogP contribution in [0.5, 0.6) is 0 Å². The summed E-state index contributed by atoms with van der Waals surface area (Å²) in [6.45, 7) is 7.47. The number of carbonyl (C=O) groups excluding carboxylic acids is 1. The summed E-state index contributed by atoms with van der Waals surface area (Å²) in [5.74, 6) is -0.831. The lowest BCUT2D eigenvalue weighted by molar-refractivity contribution is -0.139. The third-order valence-electron chi connectivity index (χ3n) is 3.39. The minimum absolute atomic E-state index is 0.0243. The summed E-state index contributed by atoms with van der Waals surface area (Å²) in [6.07, 6.45) is 1.28. The Kier molecular flexibility index (Phi) is 4.51. The van der Waals surface area contributed by atoms with Crippen LogP contribution in [0.15, 0.2) is 0 Å². The molecule has 0 spiro atoms. The van der Waals surface area contributed by atoms with Gasteiger partial charge in [0.2, 0.25) is 5.91 Å². The number of hydrogen-bond acceptors (Lipinski definition) is 3. The van der Waals surface area contributed by atoms with Gasteiger partial charge in [0.05, 0.1) is 6.04 Å². The fraction of sp³-hybridized carbons (Fsp3) is 0.833. The number of aliphatic carboxylic acids is 1. The zero-order chi connectivity index (χ0) is 13.1. The van der Waals surface area contributed by atoms with E-state index < -0.39 is 5.97 Å². The van der Waals surface area contributed by atoms with Crippen LogP contribution in [0.4, 0.5) is 0 Å². The molecule has 1 saturated heterocycles. The maximum atomic E-state index is 12.3. The summed E-state index contributed by atoms with van der Waals surface area (Å²) in [4.78, 5) is 24.7. The van der Waals surface area contributed by atoms with E-state index in [1.165, 1.54) is 0 Å². The van der Waals surface area contributed by atoms with E-state index in [0.717, 1.165) is 13.0 Å². The molecular weight excluding hydrogens is 220 g/mol. The standard InChI is InChI=1S/C12H22N2O3/c1-4-14-11(17)9(5-6-10(15)16)13-8-7-12(14,2)3/h9,13H,4-8H2,1-3H3,(H,15,16). The number of rotatable bonds is 4. The molecule has 2 N–H and O–H groups in total. The Hall–Kier alpha value is -1.10. The molecule has 0 aromatic heterocycles. The second-order valence-corrected chi connectivity index (χ2v) is 5.08. The highest BCUT2D eigenvalue weighted by Crippen LogP contribution is 2.22. The SMILES string of the molecule is CCN1C(=O)C(CCC(=O)O)NCCC1(C)C. The highest BCUT2D eigenvalue weighted by Gasteiger charge is 2.36. The predicted molar refractivity (Wildman–Crippen MR) is 64.7 cm³/mol. The quantitative estimate of drug-likeness (QED) is 0.766. The van der Waals surface area contributed by atoms with Crippen molar-refractivity contribution in [1.29, 1.82) is 0 Å². The molecular formula is C12H22N2O3. The maximum Gasteiger partial charge on any atom is 0.303 e. The molecule has 0 saturated carbocycles. The Bertz CT molecular complexity index is 302. The molecule has 0 aromatic carbocycles. The number of hydrogen-bond donors (Lipinski definition) is 2. The molecule has 5 heteroatoms. The average Bonchev–Trinajstić information content (AvgIpc) is 2.32. The lowest BCUT2D eigenvalue weighted by atomic mass is 9.98. The summed E-state index contributed by atoms with van der Waals surface area (Å²) in [5.41, 5.74) is -0.156. The fourth-order valence-corrected chi connectivity index (χ4v) is 2.34. The van der Waals surface area contributed by atoms with E-state index in [4.69, 9.17) is 5.11 Å². The predicted octanol–water partition coefficient (Wildman–Crippen LogP) is 0.840. The highest BCUT2D eigenvalue weighted by atomic mass is 16.4. The van der Waals surface area contributed by atoms with Crippen LogP contribution in [-0.4, -0.2) is 46.6 Å². The first-order valence-corrected chi connectivity index (χ1v) is 6.15. The van der Waals surface area contributed by atoms with Crippen LogP contribution >= 0.6 is 0 Å². The number of amides is 1. The van der Waals surface area contributed by atoms with Crippen LogP contribution in [0, 0.1) is 0 Å². The van der Waals surface area contributed by atoms with Crippen molar-refractivity contribution in [3.05, 3.63) is 0 Å². The van der Waals surface area contributed by atoms with E-state index in [0.29, 0.717) is 13.0 Å². The van der Waals surface area contributed by atoms with E-state index >= 15 is 0 Å². The van der Waals surface area contributed by atoms with E-state index in [1.807, 2.05) is 11.8 Å². The van der Waals surface area contributed by atoms with Gasteiger partial charge in [-0.2, -0.15) is 0 Å². The fourth-order valence-electron chi connectivity index (χ4n) is 2.34. The highest BCUT2D eigenvalue weighted by molar-refractivity contribution is 5.83. The summed E-state index contributed by atoms with van der Waals surface area (Å²) in [6, 6.07) is -0.354. The van der Waals surface area contributed by atoms with Gasteiger partial charge in [-0.25, -0.2) is 0 Å². The summed E-state index contributed by atoms with van der Waals surface area (Å²) >= 11 is 0. The van der Waals surface area contributed by atoms with Crippen molar-refractivity contribution in [2.45, 2.75) is 51.6 Å². The molecule has 1 aliphatic heterocycles. The number of carbonyl (C=O) groups is 2. The van der Waals surface area contributed by atoms with Crippen molar-refractivity contribution in [2.24, 2.45) is 0 Å². The van der Waals surface area contributed by atoms with Gasteiger partial charge in [0, 0.05) is 18.5 Å². The lowest BCUT2D eigenvalue weighted by Gasteiger charge is -2.37. The molecule has 1 atom stereocenters. The zero-order valence-corrected chi connectivity index (χ0v) is 10.8. The smallest absolute Gasteiger partial charge is 0.303 e. The Morgan fingerprint density at radius 3 is 2.76 bits per heavy atom. The minimum atomic E-state index is -0.855. The van der Waals surface area contributed by atoms with Gasteiger partial charge in [-0.15, -0.1) is 0 Å². The molecule has 1 heterocycles.